The Hall–Kier alpha value is -2.39. The lowest BCUT2D eigenvalue weighted by Crippen LogP contribution is -2.27. The third-order valence-electron chi connectivity index (χ3n) is 4.34. The predicted molar refractivity (Wildman–Crippen MR) is 90.4 cm³/mol. The number of pyridine rings is 1. The molecule has 0 radical (unpaired) electrons. The highest BCUT2D eigenvalue weighted by Gasteiger charge is 2.15. The normalized spacial score (nSPS) is 15.9. The van der Waals surface area contributed by atoms with Gasteiger partial charge in [-0.3, -0.25) is 4.90 Å². The van der Waals surface area contributed by atoms with Crippen LogP contribution in [0.2, 0.25) is 0 Å². The molecule has 0 bridgehead atoms. The van der Waals surface area contributed by atoms with Crippen LogP contribution in [0.4, 0.5) is 0 Å². The van der Waals surface area contributed by atoms with Gasteiger partial charge in [-0.15, -0.1) is 0 Å². The highest BCUT2D eigenvalue weighted by molar-refractivity contribution is 5.90. The Balaban J connectivity index is 1.52. The van der Waals surface area contributed by atoms with Crippen molar-refractivity contribution in [2.75, 3.05) is 13.1 Å². The number of aromatic amines is 1. The first-order chi connectivity index (χ1) is 10.9. The summed E-state index contributed by atoms with van der Waals surface area (Å²) in [4.78, 5) is 10.1. The first kappa shape index (κ1) is 13.3. The third kappa shape index (κ3) is 2.55. The SMILES string of the molecule is C1=C(c2c[nH]c3ncccc23)CCN(Cc2ccccc2)C1. The van der Waals surface area contributed by atoms with E-state index < -0.39 is 0 Å². The molecule has 3 aromatic rings. The molecule has 4 rings (SSSR count). The topological polar surface area (TPSA) is 31.9 Å². The number of nitrogens with zero attached hydrogens (tertiary/aromatic N) is 2. The summed E-state index contributed by atoms with van der Waals surface area (Å²) in [6.45, 7) is 3.14. The number of hydrogen-bond acceptors (Lipinski definition) is 2. The van der Waals surface area contributed by atoms with Crippen LogP contribution in [0.15, 0.2) is 60.9 Å². The summed E-state index contributed by atoms with van der Waals surface area (Å²) in [6.07, 6.45) is 7.38. The van der Waals surface area contributed by atoms with Crippen LogP contribution in [-0.4, -0.2) is 28.0 Å². The minimum atomic E-state index is 0.977. The van der Waals surface area contributed by atoms with Gasteiger partial charge in [0.15, 0.2) is 0 Å². The maximum Gasteiger partial charge on any atom is 0.137 e. The second kappa shape index (κ2) is 5.78. The molecule has 0 saturated carbocycles. The first-order valence-corrected chi connectivity index (χ1v) is 7.78. The molecule has 1 aromatic carbocycles. The van der Waals surface area contributed by atoms with Crippen molar-refractivity contribution in [1.82, 2.24) is 14.9 Å². The number of rotatable bonds is 3. The van der Waals surface area contributed by atoms with Crippen molar-refractivity contribution < 1.29 is 0 Å². The van der Waals surface area contributed by atoms with Crippen molar-refractivity contribution >= 4 is 16.6 Å². The van der Waals surface area contributed by atoms with E-state index in [-0.39, 0.29) is 0 Å². The van der Waals surface area contributed by atoms with Crippen molar-refractivity contribution in [1.29, 1.82) is 0 Å². The highest BCUT2D eigenvalue weighted by Crippen LogP contribution is 2.28. The Labute approximate surface area is 130 Å². The van der Waals surface area contributed by atoms with Gasteiger partial charge in [0.05, 0.1) is 0 Å². The molecule has 1 aliphatic rings. The molecular formula is C19H19N3. The third-order valence-corrected chi connectivity index (χ3v) is 4.34. The smallest absolute Gasteiger partial charge is 0.137 e. The van der Waals surface area contributed by atoms with Crippen molar-refractivity contribution in [3.63, 3.8) is 0 Å². The Morgan fingerprint density at radius 3 is 2.82 bits per heavy atom. The van der Waals surface area contributed by atoms with Crippen LogP contribution in [0.5, 0.6) is 0 Å². The van der Waals surface area contributed by atoms with E-state index in [1.165, 1.54) is 22.1 Å². The van der Waals surface area contributed by atoms with Gasteiger partial charge >= 0.3 is 0 Å². The van der Waals surface area contributed by atoms with E-state index in [0.717, 1.165) is 31.7 Å². The van der Waals surface area contributed by atoms with E-state index in [1.807, 2.05) is 12.3 Å². The summed E-state index contributed by atoms with van der Waals surface area (Å²) in [5.74, 6) is 0. The predicted octanol–water partition coefficient (Wildman–Crippen LogP) is 3.85. The van der Waals surface area contributed by atoms with Crippen LogP contribution in [0.1, 0.15) is 17.5 Å². The standard InChI is InChI=1S/C19H19N3/c1-2-5-15(6-3-1)14-22-11-8-16(9-12-22)18-13-21-19-17(18)7-4-10-20-19/h1-8,10,13H,9,11-12,14H2,(H,20,21). The summed E-state index contributed by atoms with van der Waals surface area (Å²) in [7, 11) is 0. The number of H-pyrrole nitrogens is 1. The van der Waals surface area contributed by atoms with Gasteiger partial charge in [-0.25, -0.2) is 4.98 Å². The summed E-state index contributed by atoms with van der Waals surface area (Å²) < 4.78 is 0. The summed E-state index contributed by atoms with van der Waals surface area (Å²) >= 11 is 0. The maximum atomic E-state index is 4.37. The number of nitrogens with one attached hydrogen (secondary N) is 1. The lowest BCUT2D eigenvalue weighted by atomic mass is 9.99. The van der Waals surface area contributed by atoms with E-state index in [2.05, 4.69) is 63.5 Å². The molecule has 110 valence electrons. The fraction of sp³-hybridized carbons (Fsp3) is 0.211. The minimum absolute atomic E-state index is 0.977. The molecule has 0 saturated heterocycles. The quantitative estimate of drug-likeness (QED) is 0.794. The van der Waals surface area contributed by atoms with Crippen molar-refractivity contribution in [3.05, 3.63) is 72.1 Å². The largest absolute Gasteiger partial charge is 0.346 e. The Kier molecular flexibility index (Phi) is 3.49. The number of aromatic nitrogens is 2. The molecule has 22 heavy (non-hydrogen) atoms. The zero-order valence-electron chi connectivity index (χ0n) is 12.5. The molecular weight excluding hydrogens is 270 g/mol. The zero-order valence-corrected chi connectivity index (χ0v) is 12.5. The number of benzene rings is 1. The lowest BCUT2D eigenvalue weighted by molar-refractivity contribution is 0.294. The van der Waals surface area contributed by atoms with Gasteiger partial charge in [-0.2, -0.15) is 0 Å². The zero-order chi connectivity index (χ0) is 14.8. The van der Waals surface area contributed by atoms with Crippen molar-refractivity contribution in [2.45, 2.75) is 13.0 Å². The van der Waals surface area contributed by atoms with E-state index in [1.54, 1.807) is 0 Å². The van der Waals surface area contributed by atoms with Crippen LogP contribution in [0.25, 0.3) is 16.6 Å². The summed E-state index contributed by atoms with van der Waals surface area (Å²) in [6, 6.07) is 14.8. The van der Waals surface area contributed by atoms with Crippen molar-refractivity contribution in [3.8, 4) is 0 Å². The maximum absolute atomic E-state index is 4.37. The highest BCUT2D eigenvalue weighted by atomic mass is 15.1. The van der Waals surface area contributed by atoms with E-state index in [9.17, 15) is 0 Å². The summed E-state index contributed by atoms with van der Waals surface area (Å²) in [5, 5.41) is 1.23. The molecule has 0 aliphatic carbocycles. The molecule has 3 heterocycles. The Morgan fingerprint density at radius 1 is 1.09 bits per heavy atom. The van der Waals surface area contributed by atoms with Crippen LogP contribution in [0.3, 0.4) is 0 Å². The van der Waals surface area contributed by atoms with Gasteiger partial charge in [0.2, 0.25) is 0 Å². The molecule has 1 aliphatic heterocycles. The second-order valence-corrected chi connectivity index (χ2v) is 5.80. The number of hydrogen-bond donors (Lipinski definition) is 1. The van der Waals surface area contributed by atoms with E-state index in [0.29, 0.717) is 0 Å². The molecule has 0 amide bonds. The average Bonchev–Trinajstić information content (AvgIpc) is 3.01. The number of fused-ring (bicyclic) bond motifs is 1. The molecule has 2 aromatic heterocycles. The van der Waals surface area contributed by atoms with Gasteiger partial charge in [0.1, 0.15) is 5.65 Å². The fourth-order valence-electron chi connectivity index (χ4n) is 3.16. The fourth-order valence-corrected chi connectivity index (χ4v) is 3.16. The minimum Gasteiger partial charge on any atom is -0.346 e. The molecule has 3 heteroatoms. The van der Waals surface area contributed by atoms with Gasteiger partial charge in [0.25, 0.3) is 0 Å². The van der Waals surface area contributed by atoms with Crippen LogP contribution < -0.4 is 0 Å². The first-order valence-electron chi connectivity index (χ1n) is 7.78. The van der Waals surface area contributed by atoms with Crippen molar-refractivity contribution in [2.24, 2.45) is 0 Å². The lowest BCUT2D eigenvalue weighted by Gasteiger charge is -2.26. The molecule has 0 spiro atoms. The Bertz CT molecular complexity index is 802. The van der Waals surface area contributed by atoms with Crippen LogP contribution in [-0.2, 0) is 6.54 Å². The van der Waals surface area contributed by atoms with Crippen LogP contribution >= 0.6 is 0 Å². The van der Waals surface area contributed by atoms with E-state index in [4.69, 9.17) is 0 Å². The molecule has 0 fully saturated rings. The van der Waals surface area contributed by atoms with Gasteiger partial charge < -0.3 is 4.98 Å². The van der Waals surface area contributed by atoms with Gasteiger partial charge in [0, 0.05) is 43.0 Å². The summed E-state index contributed by atoms with van der Waals surface area (Å²) in [5.41, 5.74) is 5.10. The second-order valence-electron chi connectivity index (χ2n) is 5.80. The van der Waals surface area contributed by atoms with Gasteiger partial charge in [-0.05, 0) is 29.7 Å². The Morgan fingerprint density at radius 2 is 2.00 bits per heavy atom. The molecule has 0 unspecified atom stereocenters. The molecule has 1 N–H and O–H groups in total. The molecule has 3 nitrogen and oxygen atoms in total. The monoisotopic (exact) mass is 289 g/mol. The van der Waals surface area contributed by atoms with Gasteiger partial charge in [-0.1, -0.05) is 36.4 Å². The average molecular weight is 289 g/mol. The van der Waals surface area contributed by atoms with E-state index >= 15 is 0 Å². The molecule has 0 atom stereocenters. The van der Waals surface area contributed by atoms with Crippen LogP contribution in [0, 0.1) is 0 Å².